The first-order valence-corrected chi connectivity index (χ1v) is 15.3. The lowest BCUT2D eigenvalue weighted by Crippen LogP contribution is -2.18. The summed E-state index contributed by atoms with van der Waals surface area (Å²) >= 11 is 0. The molecule has 2 unspecified atom stereocenters. The van der Waals surface area contributed by atoms with Crippen molar-refractivity contribution in [3.05, 3.63) is 161 Å². The first-order valence-electron chi connectivity index (χ1n) is 15.3. The molecule has 0 aliphatic heterocycles. The van der Waals surface area contributed by atoms with Crippen LogP contribution in [-0.4, -0.2) is 4.57 Å². The number of fused-ring (bicyclic) bond motifs is 9. The molecule has 2 aromatic heterocycles. The fraction of sp³-hybridized carbons (Fsp3) is 0.0976. The van der Waals surface area contributed by atoms with E-state index in [1.165, 1.54) is 33.2 Å². The van der Waals surface area contributed by atoms with Gasteiger partial charge in [-0.15, -0.1) is 0 Å². The Bertz CT molecular complexity index is 2450. The quantitative estimate of drug-likeness (QED) is 0.157. The maximum absolute atomic E-state index is 13.7. The number of aromatic nitrogens is 1. The average molecular weight is 568 g/mol. The zero-order valence-corrected chi connectivity index (χ0v) is 24.3. The summed E-state index contributed by atoms with van der Waals surface area (Å²) in [7, 11) is 0. The van der Waals surface area contributed by atoms with Gasteiger partial charge in [0.1, 0.15) is 5.58 Å². The molecule has 44 heavy (non-hydrogen) atoms. The summed E-state index contributed by atoms with van der Waals surface area (Å²) in [6, 6.07) is 47.0. The Morgan fingerprint density at radius 3 is 2.16 bits per heavy atom. The Hall–Kier alpha value is -5.41. The van der Waals surface area contributed by atoms with E-state index in [2.05, 4.69) is 133 Å². The molecule has 0 bridgehead atoms. The van der Waals surface area contributed by atoms with Gasteiger partial charge in [-0.2, -0.15) is 0 Å². The van der Waals surface area contributed by atoms with Gasteiger partial charge in [-0.3, -0.25) is 0 Å². The molecule has 0 amide bonds. The highest BCUT2D eigenvalue weighted by Gasteiger charge is 2.32. The van der Waals surface area contributed by atoms with Crippen LogP contribution in [0.1, 0.15) is 35.4 Å². The summed E-state index contributed by atoms with van der Waals surface area (Å²) in [6.45, 7) is 2.30. The van der Waals surface area contributed by atoms with E-state index in [1.807, 2.05) is 12.1 Å². The lowest BCUT2D eigenvalue weighted by atomic mass is 9.70. The minimum Gasteiger partial charge on any atom is -0.422 e. The van der Waals surface area contributed by atoms with E-state index in [1.54, 1.807) is 0 Å². The Morgan fingerprint density at radius 1 is 0.591 bits per heavy atom. The minimum atomic E-state index is -0.289. The molecule has 2 atom stereocenters. The van der Waals surface area contributed by atoms with Crippen LogP contribution in [0.15, 0.2) is 143 Å². The van der Waals surface area contributed by atoms with Crippen molar-refractivity contribution in [2.45, 2.75) is 25.2 Å². The fourth-order valence-electron chi connectivity index (χ4n) is 7.63. The van der Waals surface area contributed by atoms with Crippen molar-refractivity contribution in [3.63, 3.8) is 0 Å². The second-order valence-corrected chi connectivity index (χ2v) is 12.1. The van der Waals surface area contributed by atoms with E-state index < -0.39 is 0 Å². The molecule has 0 radical (unpaired) electrons. The first-order chi connectivity index (χ1) is 21.7. The lowest BCUT2D eigenvalue weighted by molar-refractivity contribution is 0.563. The van der Waals surface area contributed by atoms with Gasteiger partial charge < -0.3 is 8.98 Å². The van der Waals surface area contributed by atoms with E-state index >= 15 is 0 Å². The highest BCUT2D eigenvalue weighted by Crippen LogP contribution is 2.49. The summed E-state index contributed by atoms with van der Waals surface area (Å²) in [4.78, 5) is 13.7. The molecule has 9 rings (SSSR count). The van der Waals surface area contributed by atoms with Crippen LogP contribution in [0.25, 0.3) is 60.4 Å². The van der Waals surface area contributed by atoms with Crippen molar-refractivity contribution in [2.75, 3.05) is 0 Å². The van der Waals surface area contributed by atoms with Crippen LogP contribution in [0.2, 0.25) is 0 Å². The molecule has 8 aromatic rings. The molecule has 0 spiro atoms. The highest BCUT2D eigenvalue weighted by molar-refractivity contribution is 6.17. The molecule has 3 heteroatoms. The highest BCUT2D eigenvalue weighted by atomic mass is 16.4. The summed E-state index contributed by atoms with van der Waals surface area (Å²) in [5.41, 5.74) is 9.92. The van der Waals surface area contributed by atoms with Crippen molar-refractivity contribution in [3.8, 4) is 16.8 Å². The predicted octanol–water partition coefficient (Wildman–Crippen LogP) is 10.2. The first kappa shape index (κ1) is 25.1. The molecule has 3 nitrogen and oxygen atoms in total. The largest absolute Gasteiger partial charge is 0.422 e. The minimum absolute atomic E-state index is 0.242. The Balaban J connectivity index is 1.32. The Kier molecular flexibility index (Phi) is 5.45. The van der Waals surface area contributed by atoms with Gasteiger partial charge >= 0.3 is 5.63 Å². The summed E-state index contributed by atoms with van der Waals surface area (Å²) in [5.74, 6) is 0.556. The van der Waals surface area contributed by atoms with Crippen LogP contribution >= 0.6 is 0 Å². The van der Waals surface area contributed by atoms with E-state index in [-0.39, 0.29) is 11.5 Å². The van der Waals surface area contributed by atoms with Gasteiger partial charge in [-0.05, 0) is 82.5 Å². The topological polar surface area (TPSA) is 35.1 Å². The molecule has 0 N–H and O–H groups in total. The van der Waals surface area contributed by atoms with E-state index in [4.69, 9.17) is 4.42 Å². The third-order valence-corrected chi connectivity index (χ3v) is 9.73. The zero-order valence-electron chi connectivity index (χ0n) is 24.3. The maximum atomic E-state index is 13.7. The third kappa shape index (κ3) is 3.66. The molecule has 210 valence electrons. The van der Waals surface area contributed by atoms with Crippen molar-refractivity contribution < 1.29 is 4.42 Å². The smallest absolute Gasteiger partial charge is 0.344 e. The molecule has 0 fully saturated rings. The van der Waals surface area contributed by atoms with Crippen molar-refractivity contribution in [2.24, 2.45) is 0 Å². The number of hydrogen-bond donors (Lipinski definition) is 0. The fourth-order valence-corrected chi connectivity index (χ4v) is 7.63. The third-order valence-electron chi connectivity index (χ3n) is 9.73. The average Bonchev–Trinajstić information content (AvgIpc) is 3.39. The number of benzene rings is 6. The normalized spacial score (nSPS) is 16.0. The van der Waals surface area contributed by atoms with Gasteiger partial charge in [0.25, 0.3) is 0 Å². The number of para-hydroxylation sites is 2. The van der Waals surface area contributed by atoms with Crippen molar-refractivity contribution >= 4 is 43.5 Å². The van der Waals surface area contributed by atoms with Gasteiger partial charge in [0, 0.05) is 33.3 Å². The van der Waals surface area contributed by atoms with Crippen LogP contribution in [-0.2, 0) is 6.42 Å². The van der Waals surface area contributed by atoms with Gasteiger partial charge in [0.05, 0.1) is 16.4 Å². The molecule has 0 saturated carbocycles. The second kappa shape index (κ2) is 9.55. The SMILES string of the molecule is CC1c2cc3c(=O)oc4cc5c(cc4c3cc2-c2ccccc2C1Cc1ccccc1)c1ccccc1n5-c1ccccc1. The van der Waals surface area contributed by atoms with Crippen LogP contribution in [0.5, 0.6) is 0 Å². The van der Waals surface area contributed by atoms with Crippen molar-refractivity contribution in [1.29, 1.82) is 0 Å². The molecule has 0 saturated heterocycles. The molecule has 6 aromatic carbocycles. The summed E-state index contributed by atoms with van der Waals surface area (Å²) in [5, 5.41) is 4.86. The maximum Gasteiger partial charge on any atom is 0.344 e. The van der Waals surface area contributed by atoms with E-state index in [0.29, 0.717) is 16.9 Å². The molecule has 2 heterocycles. The molecule has 1 aliphatic rings. The van der Waals surface area contributed by atoms with Gasteiger partial charge in [0.15, 0.2) is 0 Å². The standard InChI is InChI=1S/C41H29NO2/c1-25-31(20-26-12-4-2-5-13-26)28-16-8-9-17-29(28)33-22-34-36-23-35-30-18-10-11-19-38(30)42(27-14-6-3-7-15-27)39(35)24-40(36)44-41(43)37(34)21-32(25)33/h2-19,21-25,31H,20H2,1H3. The molecular weight excluding hydrogens is 538 g/mol. The van der Waals surface area contributed by atoms with Gasteiger partial charge in [-0.25, -0.2) is 4.79 Å². The Morgan fingerprint density at radius 2 is 1.32 bits per heavy atom. The molecular formula is C41H29NO2. The second-order valence-electron chi connectivity index (χ2n) is 12.1. The van der Waals surface area contributed by atoms with Crippen LogP contribution in [0.4, 0.5) is 0 Å². The van der Waals surface area contributed by atoms with Crippen molar-refractivity contribution in [1.82, 2.24) is 4.57 Å². The molecule has 1 aliphatic carbocycles. The summed E-state index contributed by atoms with van der Waals surface area (Å²) in [6.07, 6.45) is 0.951. The van der Waals surface area contributed by atoms with Crippen LogP contribution in [0, 0.1) is 0 Å². The predicted molar refractivity (Wildman–Crippen MR) is 181 cm³/mol. The van der Waals surface area contributed by atoms with Gasteiger partial charge in [0.2, 0.25) is 0 Å². The van der Waals surface area contributed by atoms with Crippen LogP contribution in [0.3, 0.4) is 0 Å². The summed E-state index contributed by atoms with van der Waals surface area (Å²) < 4.78 is 8.38. The number of nitrogens with zero attached hydrogens (tertiary/aromatic N) is 1. The monoisotopic (exact) mass is 567 g/mol. The van der Waals surface area contributed by atoms with E-state index in [0.717, 1.165) is 39.3 Å². The Labute approximate surface area is 254 Å². The zero-order chi connectivity index (χ0) is 29.4. The van der Waals surface area contributed by atoms with Crippen LogP contribution < -0.4 is 5.63 Å². The van der Waals surface area contributed by atoms with Gasteiger partial charge in [-0.1, -0.05) is 97.9 Å². The van der Waals surface area contributed by atoms with E-state index in [9.17, 15) is 4.79 Å². The lowest BCUT2D eigenvalue weighted by Gasteiger charge is -2.34. The number of hydrogen-bond acceptors (Lipinski definition) is 2. The number of rotatable bonds is 3.